The van der Waals surface area contributed by atoms with Gasteiger partial charge in [-0.3, -0.25) is 14.3 Å². The SMILES string of the molecule is CC[C@@](C)(CC(=O)O)NC(=O)c1cnn(C)c1. The zero-order chi connectivity index (χ0) is 13.1. The van der Waals surface area contributed by atoms with Crippen LogP contribution in [0, 0.1) is 0 Å². The molecule has 0 unspecified atom stereocenters. The van der Waals surface area contributed by atoms with Crippen molar-refractivity contribution in [2.24, 2.45) is 7.05 Å². The van der Waals surface area contributed by atoms with Crippen LogP contribution in [-0.2, 0) is 11.8 Å². The van der Waals surface area contributed by atoms with Crippen molar-refractivity contribution < 1.29 is 14.7 Å². The lowest BCUT2D eigenvalue weighted by molar-refractivity contribution is -0.138. The molecule has 0 spiro atoms. The van der Waals surface area contributed by atoms with Crippen molar-refractivity contribution in [3.63, 3.8) is 0 Å². The first-order valence-corrected chi connectivity index (χ1v) is 5.39. The molecule has 1 aromatic rings. The van der Waals surface area contributed by atoms with Crippen LogP contribution in [0.4, 0.5) is 0 Å². The van der Waals surface area contributed by atoms with E-state index in [9.17, 15) is 9.59 Å². The number of rotatable bonds is 5. The first-order chi connectivity index (χ1) is 7.86. The normalized spacial score (nSPS) is 14.1. The molecule has 1 atom stereocenters. The molecule has 6 heteroatoms. The van der Waals surface area contributed by atoms with E-state index in [0.717, 1.165) is 0 Å². The van der Waals surface area contributed by atoms with E-state index >= 15 is 0 Å². The zero-order valence-electron chi connectivity index (χ0n) is 10.2. The van der Waals surface area contributed by atoms with Crippen molar-refractivity contribution in [2.75, 3.05) is 0 Å². The van der Waals surface area contributed by atoms with Crippen LogP contribution in [0.1, 0.15) is 37.0 Å². The third kappa shape index (κ3) is 3.58. The summed E-state index contributed by atoms with van der Waals surface area (Å²) in [4.78, 5) is 22.6. The van der Waals surface area contributed by atoms with Gasteiger partial charge < -0.3 is 10.4 Å². The lowest BCUT2D eigenvalue weighted by Crippen LogP contribution is -2.46. The summed E-state index contributed by atoms with van der Waals surface area (Å²) in [5, 5.41) is 15.4. The van der Waals surface area contributed by atoms with Crippen LogP contribution in [0.5, 0.6) is 0 Å². The van der Waals surface area contributed by atoms with Gasteiger partial charge in [-0.05, 0) is 13.3 Å². The van der Waals surface area contributed by atoms with Crippen molar-refractivity contribution in [2.45, 2.75) is 32.2 Å². The van der Waals surface area contributed by atoms with Crippen molar-refractivity contribution >= 4 is 11.9 Å². The molecule has 0 aliphatic carbocycles. The first kappa shape index (κ1) is 13.2. The third-order valence-electron chi connectivity index (χ3n) is 2.70. The van der Waals surface area contributed by atoms with Crippen molar-refractivity contribution in [3.05, 3.63) is 18.0 Å². The van der Waals surface area contributed by atoms with E-state index in [0.29, 0.717) is 12.0 Å². The Kier molecular flexibility index (Phi) is 3.88. The van der Waals surface area contributed by atoms with E-state index in [1.807, 2.05) is 6.92 Å². The summed E-state index contributed by atoms with van der Waals surface area (Å²) in [6, 6.07) is 0. The summed E-state index contributed by atoms with van der Waals surface area (Å²) >= 11 is 0. The lowest BCUT2D eigenvalue weighted by atomic mass is 9.94. The van der Waals surface area contributed by atoms with Gasteiger partial charge in [0.25, 0.3) is 5.91 Å². The van der Waals surface area contributed by atoms with Crippen molar-refractivity contribution in [1.29, 1.82) is 0 Å². The number of aliphatic carboxylic acids is 1. The summed E-state index contributed by atoms with van der Waals surface area (Å²) in [5.41, 5.74) is -0.309. The average Bonchev–Trinajstić information content (AvgIpc) is 2.63. The van der Waals surface area contributed by atoms with Gasteiger partial charge in [-0.1, -0.05) is 6.92 Å². The molecule has 0 aliphatic heterocycles. The maximum atomic E-state index is 11.9. The molecule has 94 valence electrons. The molecule has 1 rings (SSSR count). The summed E-state index contributed by atoms with van der Waals surface area (Å²) in [6.07, 6.45) is 3.49. The number of hydrogen-bond donors (Lipinski definition) is 2. The highest BCUT2D eigenvalue weighted by molar-refractivity contribution is 5.94. The smallest absolute Gasteiger partial charge is 0.305 e. The van der Waals surface area contributed by atoms with Crippen LogP contribution < -0.4 is 5.32 Å². The fourth-order valence-corrected chi connectivity index (χ4v) is 1.48. The second-order valence-electron chi connectivity index (χ2n) is 4.34. The second-order valence-corrected chi connectivity index (χ2v) is 4.34. The van der Waals surface area contributed by atoms with Crippen LogP contribution in [0.25, 0.3) is 0 Å². The van der Waals surface area contributed by atoms with Gasteiger partial charge >= 0.3 is 5.97 Å². The van der Waals surface area contributed by atoms with E-state index in [1.165, 1.54) is 10.9 Å². The average molecular weight is 239 g/mol. The van der Waals surface area contributed by atoms with Crippen LogP contribution in [-0.4, -0.2) is 32.3 Å². The highest BCUT2D eigenvalue weighted by Gasteiger charge is 2.28. The van der Waals surface area contributed by atoms with Gasteiger partial charge in [0.15, 0.2) is 0 Å². The minimum Gasteiger partial charge on any atom is -0.481 e. The van der Waals surface area contributed by atoms with E-state index in [2.05, 4.69) is 10.4 Å². The lowest BCUT2D eigenvalue weighted by Gasteiger charge is -2.27. The van der Waals surface area contributed by atoms with Gasteiger partial charge in [0, 0.05) is 18.8 Å². The zero-order valence-corrected chi connectivity index (χ0v) is 10.2. The molecule has 1 aromatic heterocycles. The Hall–Kier alpha value is -1.85. The molecule has 0 aliphatic rings. The largest absolute Gasteiger partial charge is 0.481 e. The molecule has 0 saturated heterocycles. The van der Waals surface area contributed by atoms with Gasteiger partial charge in [-0.15, -0.1) is 0 Å². The summed E-state index contributed by atoms with van der Waals surface area (Å²) in [6.45, 7) is 3.56. The molecule has 0 saturated carbocycles. The maximum absolute atomic E-state index is 11.9. The molecular formula is C11H17N3O3. The predicted molar refractivity (Wildman–Crippen MR) is 61.6 cm³/mol. The number of amides is 1. The summed E-state index contributed by atoms with van der Waals surface area (Å²) in [5.74, 6) is -1.23. The van der Waals surface area contributed by atoms with E-state index in [1.54, 1.807) is 20.2 Å². The molecular weight excluding hydrogens is 222 g/mol. The number of nitrogens with one attached hydrogen (secondary N) is 1. The number of carbonyl (C=O) groups excluding carboxylic acids is 1. The van der Waals surface area contributed by atoms with Gasteiger partial charge in [-0.25, -0.2) is 0 Å². The van der Waals surface area contributed by atoms with Gasteiger partial charge in [0.1, 0.15) is 0 Å². The fraction of sp³-hybridized carbons (Fsp3) is 0.545. The summed E-state index contributed by atoms with van der Waals surface area (Å²) < 4.78 is 1.52. The number of carboxylic acid groups (broad SMARTS) is 1. The van der Waals surface area contributed by atoms with E-state index < -0.39 is 11.5 Å². The molecule has 0 aromatic carbocycles. The minimum absolute atomic E-state index is 0.102. The quantitative estimate of drug-likeness (QED) is 0.795. The third-order valence-corrected chi connectivity index (χ3v) is 2.70. The van der Waals surface area contributed by atoms with Crippen LogP contribution in [0.15, 0.2) is 12.4 Å². The first-order valence-electron chi connectivity index (χ1n) is 5.39. The second kappa shape index (κ2) is 4.99. The van der Waals surface area contributed by atoms with Gasteiger partial charge in [0.2, 0.25) is 0 Å². The topological polar surface area (TPSA) is 84.2 Å². The number of hydrogen-bond acceptors (Lipinski definition) is 3. The molecule has 0 bridgehead atoms. The van der Waals surface area contributed by atoms with Crippen LogP contribution in [0.2, 0.25) is 0 Å². The van der Waals surface area contributed by atoms with Crippen molar-refractivity contribution in [3.8, 4) is 0 Å². The summed E-state index contributed by atoms with van der Waals surface area (Å²) in [7, 11) is 1.72. The Labute approximate surface area is 99.6 Å². The Morgan fingerprint density at radius 3 is 2.65 bits per heavy atom. The number of carbonyl (C=O) groups is 2. The highest BCUT2D eigenvalue weighted by atomic mass is 16.4. The Morgan fingerprint density at radius 1 is 1.59 bits per heavy atom. The van der Waals surface area contributed by atoms with E-state index in [4.69, 9.17) is 5.11 Å². The molecule has 0 fully saturated rings. The van der Waals surface area contributed by atoms with Gasteiger partial charge in [0.05, 0.1) is 18.2 Å². The standard InChI is InChI=1S/C11H17N3O3/c1-4-11(2,5-9(15)16)13-10(17)8-6-12-14(3)7-8/h6-7H,4-5H2,1-3H3,(H,13,17)(H,15,16)/t11-/m0/s1. The van der Waals surface area contributed by atoms with Gasteiger partial charge in [-0.2, -0.15) is 5.10 Å². The Balaban J connectivity index is 2.74. The van der Waals surface area contributed by atoms with Crippen LogP contribution in [0.3, 0.4) is 0 Å². The van der Waals surface area contributed by atoms with Crippen molar-refractivity contribution in [1.82, 2.24) is 15.1 Å². The molecule has 17 heavy (non-hydrogen) atoms. The molecule has 2 N–H and O–H groups in total. The predicted octanol–water partition coefficient (Wildman–Crippen LogP) is 0.793. The number of aromatic nitrogens is 2. The Bertz CT molecular complexity index is 427. The van der Waals surface area contributed by atoms with Crippen LogP contribution >= 0.6 is 0 Å². The highest BCUT2D eigenvalue weighted by Crippen LogP contribution is 2.15. The molecule has 1 heterocycles. The number of aryl methyl sites for hydroxylation is 1. The maximum Gasteiger partial charge on any atom is 0.305 e. The number of carboxylic acids is 1. The number of nitrogens with zero attached hydrogens (tertiary/aromatic N) is 2. The van der Waals surface area contributed by atoms with E-state index in [-0.39, 0.29) is 12.3 Å². The molecule has 6 nitrogen and oxygen atoms in total. The minimum atomic E-state index is -0.930. The fourth-order valence-electron chi connectivity index (χ4n) is 1.48. The molecule has 0 radical (unpaired) electrons. The monoisotopic (exact) mass is 239 g/mol. The molecule has 1 amide bonds. The Morgan fingerprint density at radius 2 is 2.24 bits per heavy atom.